The zero-order chi connectivity index (χ0) is 21.3. The van der Waals surface area contributed by atoms with E-state index in [1.54, 1.807) is 18.2 Å². The highest BCUT2D eigenvalue weighted by atomic mass is 32.1. The summed E-state index contributed by atoms with van der Waals surface area (Å²) in [5.74, 6) is -0.479. The number of amides is 1. The number of fused-ring (bicyclic) bond motifs is 1. The van der Waals surface area contributed by atoms with Crippen molar-refractivity contribution in [3.05, 3.63) is 70.1 Å². The quantitative estimate of drug-likeness (QED) is 0.503. The third-order valence-electron chi connectivity index (χ3n) is 4.09. The molecule has 0 aliphatic carbocycles. The molecule has 2 heterocycles. The molecule has 0 aliphatic rings. The van der Waals surface area contributed by atoms with E-state index in [0.29, 0.717) is 22.4 Å². The average Bonchev–Trinajstić information content (AvgIpc) is 3.17. The summed E-state index contributed by atoms with van der Waals surface area (Å²) in [6.07, 6.45) is 0. The number of carbonyl (C=O) groups is 1. The molecule has 0 aliphatic heterocycles. The number of alkyl halides is 2. The van der Waals surface area contributed by atoms with Crippen LogP contribution in [0.2, 0.25) is 0 Å². The van der Waals surface area contributed by atoms with Gasteiger partial charge in [-0.05, 0) is 43.3 Å². The Morgan fingerprint density at radius 3 is 2.67 bits per heavy atom. The van der Waals surface area contributed by atoms with Crippen LogP contribution in [0.25, 0.3) is 22.4 Å². The Morgan fingerprint density at radius 1 is 1.17 bits per heavy atom. The molecule has 0 bridgehead atoms. The Morgan fingerprint density at radius 2 is 1.93 bits per heavy atom. The van der Waals surface area contributed by atoms with Crippen molar-refractivity contribution < 1.29 is 22.7 Å². The smallest absolute Gasteiger partial charge is 0.387 e. The van der Waals surface area contributed by atoms with Crippen molar-refractivity contribution in [1.29, 1.82) is 0 Å². The third kappa shape index (κ3) is 4.18. The van der Waals surface area contributed by atoms with Crippen molar-refractivity contribution in [2.24, 2.45) is 0 Å². The Labute approximate surface area is 172 Å². The fourth-order valence-electron chi connectivity index (χ4n) is 2.72. The number of nitrogens with one attached hydrogen (secondary N) is 1. The normalized spacial score (nSPS) is 11.1. The maximum Gasteiger partial charge on any atom is 0.387 e. The standard InChI is InChI=1S/C20H13F2N3O4S/c1-10-2-7-15-13(8-10)14(26)9-16(29-15)18(27)24-20-23-17(25-30-20)11-3-5-12(6-4-11)28-19(21)22/h2-9,19H,1H3,(H,23,24,25,27). The maximum absolute atomic E-state index is 12.5. The van der Waals surface area contributed by atoms with Crippen LogP contribution in [-0.4, -0.2) is 21.9 Å². The number of hydrogen-bond donors (Lipinski definition) is 1. The van der Waals surface area contributed by atoms with Crippen LogP contribution < -0.4 is 15.5 Å². The first-order valence-electron chi connectivity index (χ1n) is 8.64. The van der Waals surface area contributed by atoms with Crippen molar-refractivity contribution in [2.45, 2.75) is 13.5 Å². The van der Waals surface area contributed by atoms with Crippen LogP contribution in [0.4, 0.5) is 13.9 Å². The second-order valence-electron chi connectivity index (χ2n) is 6.25. The fraction of sp³-hybridized carbons (Fsp3) is 0.100. The van der Waals surface area contributed by atoms with Crippen LogP contribution >= 0.6 is 11.5 Å². The molecule has 4 rings (SSSR count). The summed E-state index contributed by atoms with van der Waals surface area (Å²) in [6.45, 7) is -1.06. The summed E-state index contributed by atoms with van der Waals surface area (Å²) in [5.41, 5.74) is 1.44. The van der Waals surface area contributed by atoms with Gasteiger partial charge in [-0.25, -0.2) is 0 Å². The summed E-state index contributed by atoms with van der Waals surface area (Å²) in [6, 6.07) is 12.0. The van der Waals surface area contributed by atoms with Crippen LogP contribution in [0.1, 0.15) is 16.1 Å². The Bertz CT molecular complexity index is 1290. The van der Waals surface area contributed by atoms with E-state index < -0.39 is 12.5 Å². The molecule has 2 aromatic heterocycles. The van der Waals surface area contributed by atoms with Crippen molar-refractivity contribution in [3.8, 4) is 17.1 Å². The van der Waals surface area contributed by atoms with Gasteiger partial charge >= 0.3 is 6.61 Å². The van der Waals surface area contributed by atoms with Crippen LogP contribution in [0.3, 0.4) is 0 Å². The van der Waals surface area contributed by atoms with Crippen LogP contribution in [0.15, 0.2) is 57.7 Å². The summed E-state index contributed by atoms with van der Waals surface area (Å²) in [7, 11) is 0. The van der Waals surface area contributed by atoms with E-state index >= 15 is 0 Å². The highest BCUT2D eigenvalue weighted by molar-refractivity contribution is 7.10. The number of aromatic nitrogens is 2. The molecule has 1 amide bonds. The lowest BCUT2D eigenvalue weighted by Gasteiger charge is -2.04. The van der Waals surface area contributed by atoms with Gasteiger partial charge in [0, 0.05) is 23.2 Å². The van der Waals surface area contributed by atoms with Gasteiger partial charge in [-0.2, -0.15) is 18.1 Å². The van der Waals surface area contributed by atoms with Crippen LogP contribution in [0, 0.1) is 6.92 Å². The maximum atomic E-state index is 12.5. The lowest BCUT2D eigenvalue weighted by atomic mass is 10.1. The monoisotopic (exact) mass is 429 g/mol. The number of nitrogens with zero attached hydrogens (tertiary/aromatic N) is 2. The number of anilines is 1. The first-order chi connectivity index (χ1) is 14.4. The minimum absolute atomic E-state index is 0.0130. The zero-order valence-corrected chi connectivity index (χ0v) is 16.2. The number of ether oxygens (including phenoxy) is 1. The average molecular weight is 429 g/mol. The summed E-state index contributed by atoms with van der Waals surface area (Å²) < 4.78 is 38.4. The molecular weight excluding hydrogens is 416 g/mol. The number of rotatable bonds is 5. The van der Waals surface area contributed by atoms with Gasteiger partial charge in [0.2, 0.25) is 5.13 Å². The molecule has 0 unspecified atom stereocenters. The highest BCUT2D eigenvalue weighted by Crippen LogP contribution is 2.24. The van der Waals surface area contributed by atoms with Gasteiger partial charge in [-0.15, -0.1) is 0 Å². The van der Waals surface area contributed by atoms with E-state index in [0.717, 1.165) is 23.2 Å². The summed E-state index contributed by atoms with van der Waals surface area (Å²) >= 11 is 0.928. The number of benzene rings is 2. The fourth-order valence-corrected chi connectivity index (χ4v) is 3.30. The summed E-state index contributed by atoms with van der Waals surface area (Å²) in [4.78, 5) is 28.9. The lowest BCUT2D eigenvalue weighted by Crippen LogP contribution is -2.14. The summed E-state index contributed by atoms with van der Waals surface area (Å²) in [5, 5.41) is 3.12. The molecule has 0 spiro atoms. The van der Waals surface area contributed by atoms with Gasteiger partial charge in [0.25, 0.3) is 5.91 Å². The molecule has 4 aromatic rings. The van der Waals surface area contributed by atoms with Crippen LogP contribution in [-0.2, 0) is 0 Å². The van der Waals surface area contributed by atoms with Crippen LogP contribution in [0.5, 0.6) is 5.75 Å². The second kappa shape index (κ2) is 7.99. The molecule has 7 nitrogen and oxygen atoms in total. The first-order valence-corrected chi connectivity index (χ1v) is 9.41. The predicted octanol–water partition coefficient (Wildman–Crippen LogP) is 4.47. The third-order valence-corrected chi connectivity index (χ3v) is 4.72. The molecule has 0 fully saturated rings. The van der Waals surface area contributed by atoms with E-state index in [1.165, 1.54) is 24.3 Å². The number of carbonyl (C=O) groups excluding carboxylic acids is 1. The van der Waals surface area contributed by atoms with E-state index in [2.05, 4.69) is 19.4 Å². The minimum atomic E-state index is -2.91. The molecule has 1 N–H and O–H groups in total. The van der Waals surface area contributed by atoms with Crippen molar-refractivity contribution in [3.63, 3.8) is 0 Å². The van der Waals surface area contributed by atoms with Gasteiger partial charge in [0.15, 0.2) is 17.0 Å². The number of hydrogen-bond acceptors (Lipinski definition) is 7. The highest BCUT2D eigenvalue weighted by Gasteiger charge is 2.16. The first kappa shape index (κ1) is 19.6. The molecule has 0 saturated carbocycles. The topological polar surface area (TPSA) is 94.3 Å². The van der Waals surface area contributed by atoms with Gasteiger partial charge < -0.3 is 9.15 Å². The predicted molar refractivity (Wildman–Crippen MR) is 107 cm³/mol. The van der Waals surface area contributed by atoms with E-state index in [9.17, 15) is 18.4 Å². The van der Waals surface area contributed by atoms with Gasteiger partial charge in [-0.3, -0.25) is 14.9 Å². The zero-order valence-electron chi connectivity index (χ0n) is 15.4. The SMILES string of the molecule is Cc1ccc2oc(C(=O)Nc3nc(-c4ccc(OC(F)F)cc4)ns3)cc(=O)c2c1. The number of halogens is 2. The lowest BCUT2D eigenvalue weighted by molar-refractivity contribution is -0.0498. The van der Waals surface area contributed by atoms with Crippen molar-refractivity contribution in [1.82, 2.24) is 9.36 Å². The van der Waals surface area contributed by atoms with Crippen molar-refractivity contribution in [2.75, 3.05) is 5.32 Å². The van der Waals surface area contributed by atoms with E-state index in [4.69, 9.17) is 4.42 Å². The molecule has 2 aromatic carbocycles. The molecule has 0 radical (unpaired) electrons. The number of aryl methyl sites for hydroxylation is 1. The van der Waals surface area contributed by atoms with Gasteiger partial charge in [-0.1, -0.05) is 11.6 Å². The Hall–Kier alpha value is -3.66. The van der Waals surface area contributed by atoms with E-state index in [-0.39, 0.29) is 22.1 Å². The van der Waals surface area contributed by atoms with Crippen molar-refractivity contribution >= 4 is 33.5 Å². The molecule has 0 saturated heterocycles. The molecule has 0 atom stereocenters. The van der Waals surface area contributed by atoms with E-state index in [1.807, 2.05) is 6.92 Å². The minimum Gasteiger partial charge on any atom is -0.451 e. The largest absolute Gasteiger partial charge is 0.451 e. The molecular formula is C20H13F2N3O4S. The molecule has 30 heavy (non-hydrogen) atoms. The Balaban J connectivity index is 1.52. The second-order valence-corrected chi connectivity index (χ2v) is 7.01. The van der Waals surface area contributed by atoms with Gasteiger partial charge in [0.1, 0.15) is 11.3 Å². The Kier molecular flexibility index (Phi) is 5.23. The molecule has 10 heteroatoms. The molecule has 152 valence electrons. The van der Waals surface area contributed by atoms with Gasteiger partial charge in [0.05, 0.1) is 5.39 Å².